The first-order valence-electron chi connectivity index (χ1n) is 10.4. The van der Waals surface area contributed by atoms with Crippen molar-refractivity contribution in [3.63, 3.8) is 0 Å². The molecular weight excluding hydrogens is 348 g/mol. The average Bonchev–Trinajstić information content (AvgIpc) is 2.67. The third kappa shape index (κ3) is 3.23. The van der Waals surface area contributed by atoms with Gasteiger partial charge in [0.1, 0.15) is 11.4 Å². The molecule has 2 atom stereocenters. The molecule has 1 saturated heterocycles. The lowest BCUT2D eigenvalue weighted by Gasteiger charge is -2.52. The van der Waals surface area contributed by atoms with E-state index in [1.165, 1.54) is 23.1 Å². The van der Waals surface area contributed by atoms with Crippen LogP contribution in [0.15, 0.2) is 30.5 Å². The molecule has 1 N–H and O–H groups in total. The Balaban J connectivity index is 1.57. The van der Waals surface area contributed by atoms with Gasteiger partial charge in [-0.1, -0.05) is 18.6 Å². The summed E-state index contributed by atoms with van der Waals surface area (Å²) in [6, 6.07) is 8.38. The highest BCUT2D eigenvalue weighted by Crippen LogP contribution is 2.48. The number of aryl methyl sites for hydroxylation is 1. The van der Waals surface area contributed by atoms with Crippen LogP contribution < -0.4 is 4.74 Å². The van der Waals surface area contributed by atoms with Crippen LogP contribution in [0.3, 0.4) is 0 Å². The lowest BCUT2D eigenvalue weighted by molar-refractivity contribution is -0.151. The summed E-state index contributed by atoms with van der Waals surface area (Å²) in [5.41, 5.74) is 5.11. The van der Waals surface area contributed by atoms with Gasteiger partial charge in [-0.05, 0) is 68.0 Å². The minimum atomic E-state index is -0.784. The van der Waals surface area contributed by atoms with Crippen molar-refractivity contribution in [1.82, 2.24) is 9.88 Å². The van der Waals surface area contributed by atoms with E-state index < -0.39 is 5.60 Å². The van der Waals surface area contributed by atoms with Crippen LogP contribution in [0.25, 0.3) is 0 Å². The number of hydrogen-bond donors (Lipinski definition) is 1. The summed E-state index contributed by atoms with van der Waals surface area (Å²) in [4.78, 5) is 7.16. The molecule has 0 spiro atoms. The third-order valence-electron chi connectivity index (χ3n) is 7.09. The summed E-state index contributed by atoms with van der Waals surface area (Å²) in [5, 5.41) is 11.8. The van der Waals surface area contributed by atoms with Gasteiger partial charge in [-0.2, -0.15) is 0 Å². The largest absolute Gasteiger partial charge is 0.496 e. The molecule has 150 valence electrons. The van der Waals surface area contributed by atoms with E-state index in [0.29, 0.717) is 0 Å². The second-order valence-corrected chi connectivity index (χ2v) is 8.74. The van der Waals surface area contributed by atoms with Crippen LogP contribution >= 0.6 is 0 Å². The molecule has 4 nitrogen and oxygen atoms in total. The smallest absolute Gasteiger partial charge is 0.122 e. The number of aliphatic hydroxyl groups is 1. The maximum absolute atomic E-state index is 11.8. The number of aromatic nitrogens is 1. The Kier molecular flexibility index (Phi) is 5.19. The number of ether oxygens (including phenoxy) is 1. The monoisotopic (exact) mass is 380 g/mol. The Morgan fingerprint density at radius 3 is 2.39 bits per heavy atom. The molecule has 1 aromatic carbocycles. The highest BCUT2D eigenvalue weighted by Gasteiger charge is 2.52. The van der Waals surface area contributed by atoms with Gasteiger partial charge in [0.15, 0.2) is 0 Å². The molecule has 2 fully saturated rings. The standard InChI is InChI=1S/C24H32N2O2/c1-16-8-11-23(25-12-16)24(27)20-6-5-7-21(24)15-26(14-20)13-19-9-10-22(28-4)18(3)17(19)2/h8-12,20-21,27H,5-7,13-15H2,1-4H3/t20-,21-/m1/s1. The van der Waals surface area contributed by atoms with Crippen LogP contribution in [0, 0.1) is 32.6 Å². The summed E-state index contributed by atoms with van der Waals surface area (Å²) < 4.78 is 5.46. The predicted octanol–water partition coefficient (Wildman–Crippen LogP) is 4.14. The number of likely N-dealkylation sites (tertiary alicyclic amines) is 1. The summed E-state index contributed by atoms with van der Waals surface area (Å²) in [6.07, 6.45) is 5.23. The maximum atomic E-state index is 11.8. The third-order valence-corrected chi connectivity index (χ3v) is 7.09. The number of nitrogens with zero attached hydrogens (tertiary/aromatic N) is 2. The van der Waals surface area contributed by atoms with E-state index in [1.807, 2.05) is 19.2 Å². The molecule has 4 heteroatoms. The van der Waals surface area contributed by atoms with Gasteiger partial charge in [0, 0.05) is 37.7 Å². The summed E-state index contributed by atoms with van der Waals surface area (Å²) in [7, 11) is 1.73. The fourth-order valence-corrected chi connectivity index (χ4v) is 5.28. The Morgan fingerprint density at radius 2 is 1.79 bits per heavy atom. The molecule has 1 aliphatic heterocycles. The molecule has 0 amide bonds. The number of pyridine rings is 1. The van der Waals surface area contributed by atoms with Crippen LogP contribution in [-0.2, 0) is 12.1 Å². The summed E-state index contributed by atoms with van der Waals surface area (Å²) in [6.45, 7) is 9.14. The SMILES string of the molecule is COc1ccc(CN2C[C@H]3CCC[C@H](C2)C3(O)c2ccc(C)cn2)c(C)c1C. The van der Waals surface area contributed by atoms with Crippen molar-refractivity contribution in [2.24, 2.45) is 11.8 Å². The van der Waals surface area contributed by atoms with Gasteiger partial charge in [0.05, 0.1) is 12.8 Å². The first kappa shape index (κ1) is 19.4. The highest BCUT2D eigenvalue weighted by molar-refractivity contribution is 5.43. The van der Waals surface area contributed by atoms with Crippen LogP contribution in [0.2, 0.25) is 0 Å². The van der Waals surface area contributed by atoms with Crippen molar-refractivity contribution < 1.29 is 9.84 Å². The highest BCUT2D eigenvalue weighted by atomic mass is 16.5. The van der Waals surface area contributed by atoms with E-state index in [4.69, 9.17) is 4.74 Å². The first-order chi connectivity index (χ1) is 13.4. The number of piperidine rings is 1. The number of hydrogen-bond acceptors (Lipinski definition) is 4. The summed E-state index contributed by atoms with van der Waals surface area (Å²) in [5.74, 6) is 1.45. The van der Waals surface area contributed by atoms with Crippen molar-refractivity contribution in [2.45, 2.75) is 52.2 Å². The number of methoxy groups -OCH3 is 1. The molecule has 4 rings (SSSR count). The zero-order chi connectivity index (χ0) is 19.9. The fraction of sp³-hybridized carbons (Fsp3) is 0.542. The Bertz CT molecular complexity index is 832. The van der Waals surface area contributed by atoms with Gasteiger partial charge in [-0.3, -0.25) is 9.88 Å². The molecular formula is C24H32N2O2. The van der Waals surface area contributed by atoms with E-state index in [0.717, 1.165) is 49.5 Å². The van der Waals surface area contributed by atoms with Crippen LogP contribution in [-0.4, -0.2) is 35.2 Å². The van der Waals surface area contributed by atoms with Crippen molar-refractivity contribution in [1.29, 1.82) is 0 Å². The van der Waals surface area contributed by atoms with Crippen LogP contribution in [0.1, 0.15) is 47.2 Å². The Labute approximate surface area is 168 Å². The number of fused-ring (bicyclic) bond motifs is 2. The molecule has 1 aromatic heterocycles. The Morgan fingerprint density at radius 1 is 1.07 bits per heavy atom. The quantitative estimate of drug-likeness (QED) is 0.866. The maximum Gasteiger partial charge on any atom is 0.122 e. The predicted molar refractivity (Wildman–Crippen MR) is 111 cm³/mol. The van der Waals surface area contributed by atoms with Crippen molar-refractivity contribution >= 4 is 0 Å². The molecule has 2 bridgehead atoms. The van der Waals surface area contributed by atoms with E-state index in [1.54, 1.807) is 7.11 Å². The molecule has 28 heavy (non-hydrogen) atoms. The fourth-order valence-electron chi connectivity index (χ4n) is 5.28. The van der Waals surface area contributed by atoms with E-state index in [2.05, 4.69) is 41.9 Å². The van der Waals surface area contributed by atoms with Crippen molar-refractivity contribution in [3.8, 4) is 5.75 Å². The van der Waals surface area contributed by atoms with Gasteiger partial charge < -0.3 is 9.84 Å². The van der Waals surface area contributed by atoms with Crippen LogP contribution in [0.5, 0.6) is 5.75 Å². The lowest BCUT2D eigenvalue weighted by Crippen LogP contribution is -2.58. The molecule has 2 aromatic rings. The van der Waals surface area contributed by atoms with Gasteiger partial charge in [-0.25, -0.2) is 0 Å². The number of benzene rings is 1. The molecule has 1 saturated carbocycles. The second-order valence-electron chi connectivity index (χ2n) is 8.74. The summed E-state index contributed by atoms with van der Waals surface area (Å²) >= 11 is 0. The molecule has 0 unspecified atom stereocenters. The van der Waals surface area contributed by atoms with Gasteiger partial charge >= 0.3 is 0 Å². The van der Waals surface area contributed by atoms with Crippen molar-refractivity contribution in [2.75, 3.05) is 20.2 Å². The molecule has 1 aliphatic carbocycles. The second kappa shape index (κ2) is 7.49. The Hall–Kier alpha value is -1.91. The zero-order valence-corrected chi connectivity index (χ0v) is 17.5. The van der Waals surface area contributed by atoms with E-state index >= 15 is 0 Å². The van der Waals surface area contributed by atoms with E-state index in [-0.39, 0.29) is 11.8 Å². The molecule has 0 radical (unpaired) electrons. The molecule has 2 aliphatic rings. The van der Waals surface area contributed by atoms with Crippen LogP contribution in [0.4, 0.5) is 0 Å². The van der Waals surface area contributed by atoms with Gasteiger partial charge in [0.25, 0.3) is 0 Å². The van der Waals surface area contributed by atoms with E-state index in [9.17, 15) is 5.11 Å². The minimum Gasteiger partial charge on any atom is -0.496 e. The minimum absolute atomic E-state index is 0.245. The van der Waals surface area contributed by atoms with Gasteiger partial charge in [0.2, 0.25) is 0 Å². The average molecular weight is 381 g/mol. The molecule has 2 heterocycles. The lowest BCUT2D eigenvalue weighted by atomic mass is 9.64. The number of rotatable bonds is 4. The normalized spacial score (nSPS) is 27.6. The first-order valence-corrected chi connectivity index (χ1v) is 10.4. The zero-order valence-electron chi connectivity index (χ0n) is 17.5. The topological polar surface area (TPSA) is 45.6 Å². The van der Waals surface area contributed by atoms with Crippen molar-refractivity contribution in [3.05, 3.63) is 58.4 Å². The van der Waals surface area contributed by atoms with Gasteiger partial charge in [-0.15, -0.1) is 0 Å².